The maximum Gasteiger partial charge on any atom is 0.264 e. The van der Waals surface area contributed by atoms with Crippen molar-refractivity contribution in [1.29, 1.82) is 0 Å². The van der Waals surface area contributed by atoms with Crippen LogP contribution in [0, 0.1) is 12.7 Å². The molecule has 1 amide bonds. The third kappa shape index (κ3) is 5.31. The van der Waals surface area contributed by atoms with E-state index in [2.05, 4.69) is 30.2 Å². The first-order chi connectivity index (χ1) is 17.8. The minimum atomic E-state index is -4.10. The quantitative estimate of drug-likeness (QED) is 0.293. The molecule has 3 N–H and O–H groups in total. The highest BCUT2D eigenvalue weighted by Crippen LogP contribution is 2.25. The van der Waals surface area contributed by atoms with Crippen LogP contribution >= 0.6 is 0 Å². The monoisotopic (exact) mass is 516 g/mol. The molecule has 0 bridgehead atoms. The largest absolute Gasteiger partial charge is 0.307 e. The van der Waals surface area contributed by atoms with Crippen LogP contribution in [0.3, 0.4) is 0 Å². The summed E-state index contributed by atoms with van der Waals surface area (Å²) in [5, 5.41) is 9.64. The Morgan fingerprint density at radius 2 is 1.78 bits per heavy atom. The van der Waals surface area contributed by atoms with Gasteiger partial charge in [-0.05, 0) is 42.3 Å². The van der Waals surface area contributed by atoms with Gasteiger partial charge in [0.1, 0.15) is 10.7 Å². The van der Waals surface area contributed by atoms with Crippen LogP contribution < -0.4 is 10.0 Å². The maximum absolute atomic E-state index is 14.1. The third-order valence-corrected chi connectivity index (χ3v) is 6.94. The van der Waals surface area contributed by atoms with Crippen LogP contribution in [0.1, 0.15) is 11.1 Å². The highest BCUT2D eigenvalue weighted by Gasteiger charge is 2.19. The lowest BCUT2D eigenvalue weighted by Gasteiger charge is -2.10. The number of nitrogens with one attached hydrogen (secondary N) is 3. The molecule has 0 aliphatic carbocycles. The van der Waals surface area contributed by atoms with Gasteiger partial charge in [0.15, 0.2) is 17.0 Å². The minimum Gasteiger partial charge on any atom is -0.307 e. The molecule has 11 heteroatoms. The molecule has 5 rings (SSSR count). The molecule has 0 fully saturated rings. The summed E-state index contributed by atoms with van der Waals surface area (Å²) in [6.45, 7) is 1.69. The second kappa shape index (κ2) is 9.78. The summed E-state index contributed by atoms with van der Waals surface area (Å²) in [6.07, 6.45) is 1.74. The van der Waals surface area contributed by atoms with Crippen LogP contribution in [0.15, 0.2) is 83.9 Å². The summed E-state index contributed by atoms with van der Waals surface area (Å²) >= 11 is 0. The van der Waals surface area contributed by atoms with Gasteiger partial charge in [0, 0.05) is 11.3 Å². The molecule has 9 nitrogen and oxygen atoms in total. The molecule has 0 saturated carbocycles. The Morgan fingerprint density at radius 1 is 1.03 bits per heavy atom. The van der Waals surface area contributed by atoms with E-state index in [1.165, 1.54) is 18.3 Å². The van der Waals surface area contributed by atoms with Crippen molar-refractivity contribution in [2.45, 2.75) is 18.2 Å². The summed E-state index contributed by atoms with van der Waals surface area (Å²) in [5.74, 6) is -0.773. The molecule has 0 atom stereocenters. The van der Waals surface area contributed by atoms with Gasteiger partial charge in [-0.25, -0.2) is 22.8 Å². The number of carbonyl (C=O) groups is 1. The molecule has 0 saturated heterocycles. The number of amides is 1. The third-order valence-electron chi connectivity index (χ3n) is 5.54. The molecule has 2 heterocycles. The van der Waals surface area contributed by atoms with E-state index >= 15 is 0 Å². The van der Waals surface area contributed by atoms with Gasteiger partial charge in [0.2, 0.25) is 5.91 Å². The first-order valence-electron chi connectivity index (χ1n) is 11.2. The van der Waals surface area contributed by atoms with Gasteiger partial charge in [-0.3, -0.25) is 14.6 Å². The van der Waals surface area contributed by atoms with Gasteiger partial charge < -0.3 is 5.32 Å². The van der Waals surface area contributed by atoms with Crippen molar-refractivity contribution in [2.24, 2.45) is 0 Å². The van der Waals surface area contributed by atoms with Crippen molar-refractivity contribution >= 4 is 38.6 Å². The number of sulfonamides is 1. The topological polar surface area (TPSA) is 130 Å². The molecular weight excluding hydrogens is 495 g/mol. The molecule has 0 unspecified atom stereocenters. The molecule has 0 aliphatic heterocycles. The number of benzene rings is 3. The Kier molecular flexibility index (Phi) is 6.36. The smallest absolute Gasteiger partial charge is 0.264 e. The summed E-state index contributed by atoms with van der Waals surface area (Å²) in [7, 11) is -4.10. The number of fused-ring (bicyclic) bond motifs is 1. The van der Waals surface area contributed by atoms with Crippen LogP contribution in [0.4, 0.5) is 15.9 Å². The molecule has 0 radical (unpaired) electrons. The highest BCUT2D eigenvalue weighted by atomic mass is 32.2. The SMILES string of the molecule is Cc1ccc(F)c(S(=O)(=O)Nc2ccc(-c3cnc4c(NC(=O)Cc5ccccc5)n[nH]c4n3)cc2)c1. The number of hydrogen-bond acceptors (Lipinski definition) is 6. The number of aromatic nitrogens is 4. The first kappa shape index (κ1) is 24.1. The lowest BCUT2D eigenvalue weighted by atomic mass is 10.1. The van der Waals surface area contributed by atoms with E-state index in [0.29, 0.717) is 28.0 Å². The van der Waals surface area contributed by atoms with Gasteiger partial charge >= 0.3 is 0 Å². The summed E-state index contributed by atoms with van der Waals surface area (Å²) in [5.41, 5.74) is 3.75. The molecule has 3 aromatic carbocycles. The fourth-order valence-corrected chi connectivity index (χ4v) is 4.94. The number of halogens is 1. The average Bonchev–Trinajstić information content (AvgIpc) is 3.28. The predicted octanol–water partition coefficient (Wildman–Crippen LogP) is 4.45. The maximum atomic E-state index is 14.1. The standard InChI is InChI=1S/C26H21FN6O3S/c1-16-7-12-20(27)22(13-16)37(35,36)33-19-10-8-18(9-11-19)21-15-28-24-25(29-21)31-32-26(24)30-23(34)14-17-5-3-2-4-6-17/h2-13,15,33H,14H2,1H3,(H2,29,30,31,32,34). The number of hydrogen-bond donors (Lipinski definition) is 3. The van der Waals surface area contributed by atoms with Crippen LogP contribution in [-0.4, -0.2) is 34.5 Å². The Morgan fingerprint density at radius 3 is 2.54 bits per heavy atom. The van der Waals surface area contributed by atoms with E-state index in [0.717, 1.165) is 11.6 Å². The Bertz CT molecular complexity index is 1700. The number of aromatic amines is 1. The van der Waals surface area contributed by atoms with Crippen molar-refractivity contribution < 1.29 is 17.6 Å². The molecular formula is C26H21FN6O3S. The van der Waals surface area contributed by atoms with Crippen LogP contribution in [0.2, 0.25) is 0 Å². The summed E-state index contributed by atoms with van der Waals surface area (Å²) in [4.78, 5) is 20.9. The predicted molar refractivity (Wildman–Crippen MR) is 138 cm³/mol. The van der Waals surface area contributed by atoms with Gasteiger partial charge in [-0.1, -0.05) is 48.5 Å². The number of H-pyrrole nitrogens is 1. The van der Waals surface area contributed by atoms with Gasteiger partial charge in [0.25, 0.3) is 10.0 Å². The van der Waals surface area contributed by atoms with Crippen molar-refractivity contribution in [3.63, 3.8) is 0 Å². The Hall–Kier alpha value is -4.64. The second-order valence-corrected chi connectivity index (χ2v) is 10.0. The van der Waals surface area contributed by atoms with Crippen molar-refractivity contribution in [3.05, 3.63) is 95.9 Å². The Labute approximate surface area is 211 Å². The zero-order chi connectivity index (χ0) is 26.0. The second-order valence-electron chi connectivity index (χ2n) is 8.35. The zero-order valence-corrected chi connectivity index (χ0v) is 20.4. The van der Waals surface area contributed by atoms with Gasteiger partial charge in [0.05, 0.1) is 18.3 Å². The normalized spacial score (nSPS) is 11.4. The fraction of sp³-hybridized carbons (Fsp3) is 0.0769. The first-order valence-corrected chi connectivity index (χ1v) is 12.7. The number of nitrogens with zero attached hydrogens (tertiary/aromatic N) is 3. The lowest BCUT2D eigenvalue weighted by molar-refractivity contribution is -0.115. The van der Waals surface area contributed by atoms with Crippen molar-refractivity contribution in [3.8, 4) is 11.3 Å². The van der Waals surface area contributed by atoms with E-state index in [1.807, 2.05) is 30.3 Å². The number of anilines is 2. The zero-order valence-electron chi connectivity index (χ0n) is 19.6. The van der Waals surface area contributed by atoms with Gasteiger partial charge in [-0.15, -0.1) is 0 Å². The van der Waals surface area contributed by atoms with E-state index in [9.17, 15) is 17.6 Å². The average molecular weight is 517 g/mol. The highest BCUT2D eigenvalue weighted by molar-refractivity contribution is 7.92. The number of carbonyl (C=O) groups excluding carboxylic acids is 1. The Balaban J connectivity index is 1.31. The molecule has 37 heavy (non-hydrogen) atoms. The van der Waals surface area contributed by atoms with E-state index < -0.39 is 20.7 Å². The van der Waals surface area contributed by atoms with E-state index in [4.69, 9.17) is 0 Å². The van der Waals surface area contributed by atoms with Crippen LogP contribution in [0.25, 0.3) is 22.4 Å². The molecule has 0 spiro atoms. The lowest BCUT2D eigenvalue weighted by Crippen LogP contribution is -2.15. The van der Waals surface area contributed by atoms with Crippen molar-refractivity contribution in [1.82, 2.24) is 20.2 Å². The van der Waals surface area contributed by atoms with Crippen LogP contribution in [0.5, 0.6) is 0 Å². The van der Waals surface area contributed by atoms with E-state index in [1.54, 1.807) is 31.2 Å². The van der Waals surface area contributed by atoms with Crippen LogP contribution in [-0.2, 0) is 21.2 Å². The number of rotatable bonds is 7. The molecule has 5 aromatic rings. The molecule has 0 aliphatic rings. The molecule has 186 valence electrons. The molecule has 2 aromatic heterocycles. The van der Waals surface area contributed by atoms with E-state index in [-0.39, 0.29) is 23.8 Å². The summed E-state index contributed by atoms with van der Waals surface area (Å²) in [6, 6.07) is 19.7. The summed E-state index contributed by atoms with van der Waals surface area (Å²) < 4.78 is 41.8. The van der Waals surface area contributed by atoms with Crippen molar-refractivity contribution in [2.75, 3.05) is 10.0 Å². The van der Waals surface area contributed by atoms with Gasteiger partial charge in [-0.2, -0.15) is 5.10 Å². The minimum absolute atomic E-state index is 0.202. The fourth-order valence-electron chi connectivity index (χ4n) is 3.72. The number of aryl methyl sites for hydroxylation is 1.